The zero-order chi connectivity index (χ0) is 22.5. The van der Waals surface area contributed by atoms with Crippen molar-refractivity contribution in [2.45, 2.75) is 6.92 Å². The number of hydrogen-bond donors (Lipinski definition) is 4. The van der Waals surface area contributed by atoms with Crippen LogP contribution >= 0.6 is 34.3 Å². The van der Waals surface area contributed by atoms with Gasteiger partial charge in [0.15, 0.2) is 0 Å². The minimum absolute atomic E-state index is 0.0522. The molecule has 3 rings (SSSR count). The van der Waals surface area contributed by atoms with Crippen LogP contribution in [0.3, 0.4) is 0 Å². The third kappa shape index (κ3) is 5.48. The van der Waals surface area contributed by atoms with E-state index in [4.69, 9.17) is 16.7 Å². The Morgan fingerprint density at radius 3 is 2.35 bits per heavy atom. The molecule has 8 nitrogen and oxygen atoms in total. The predicted molar refractivity (Wildman–Crippen MR) is 120 cm³/mol. The van der Waals surface area contributed by atoms with Crippen molar-refractivity contribution in [2.24, 2.45) is 5.10 Å². The molecule has 0 bridgehead atoms. The van der Waals surface area contributed by atoms with E-state index in [1.54, 1.807) is 36.6 Å². The van der Waals surface area contributed by atoms with E-state index in [-0.39, 0.29) is 15.5 Å². The molecule has 0 atom stereocenters. The molecular weight excluding hydrogens is 462 g/mol. The maximum absolute atomic E-state index is 12.3. The third-order valence-corrected chi connectivity index (χ3v) is 6.39. The number of carboxylic acids is 1. The van der Waals surface area contributed by atoms with Gasteiger partial charge in [-0.2, -0.15) is 5.10 Å². The molecule has 0 spiro atoms. The summed E-state index contributed by atoms with van der Waals surface area (Å²) >= 11 is 8.15. The first-order chi connectivity index (χ1) is 14.8. The lowest BCUT2D eigenvalue weighted by molar-refractivity contribution is -0.135. The van der Waals surface area contributed by atoms with Gasteiger partial charge in [-0.25, -0.2) is 5.43 Å². The van der Waals surface area contributed by atoms with Gasteiger partial charge in [-0.05, 0) is 36.8 Å². The van der Waals surface area contributed by atoms with E-state index in [0.717, 1.165) is 16.9 Å². The molecule has 160 valence electrons. The van der Waals surface area contributed by atoms with Crippen LogP contribution in [0.15, 0.2) is 46.9 Å². The van der Waals surface area contributed by atoms with Gasteiger partial charge >= 0.3 is 5.97 Å². The molecule has 2 amide bonds. The average molecular weight is 478 g/mol. The molecular formula is C20H16ClN3O5S2. The molecule has 0 saturated heterocycles. The SMILES string of the molecule is CC(=NNC(=O)c1ccc(C(=O)NCC(=O)O)s1)c1csc(-c2ccc(Cl)cc2)c1O. The number of carboxylic acid groups (broad SMARTS) is 1. The lowest BCUT2D eigenvalue weighted by Gasteiger charge is -2.03. The molecule has 4 N–H and O–H groups in total. The number of halogens is 1. The summed E-state index contributed by atoms with van der Waals surface area (Å²) in [6, 6.07) is 9.93. The monoisotopic (exact) mass is 477 g/mol. The summed E-state index contributed by atoms with van der Waals surface area (Å²) in [5, 5.41) is 27.8. The number of nitrogens with one attached hydrogen (secondary N) is 2. The van der Waals surface area contributed by atoms with Crippen molar-refractivity contribution < 1.29 is 24.6 Å². The van der Waals surface area contributed by atoms with Gasteiger partial charge in [0.2, 0.25) is 0 Å². The largest absolute Gasteiger partial charge is 0.506 e. The highest BCUT2D eigenvalue weighted by molar-refractivity contribution is 7.16. The van der Waals surface area contributed by atoms with Crippen molar-refractivity contribution in [3.63, 3.8) is 0 Å². The number of hydrazone groups is 1. The Kier molecular flexibility index (Phi) is 7.06. The van der Waals surface area contributed by atoms with Crippen LogP contribution in [0.25, 0.3) is 10.4 Å². The van der Waals surface area contributed by atoms with E-state index < -0.39 is 24.3 Å². The molecule has 2 aromatic heterocycles. The van der Waals surface area contributed by atoms with Crippen LogP contribution in [0.2, 0.25) is 5.02 Å². The highest BCUT2D eigenvalue weighted by Crippen LogP contribution is 2.39. The maximum Gasteiger partial charge on any atom is 0.322 e. The number of rotatable bonds is 7. The predicted octanol–water partition coefficient (Wildman–Crippen LogP) is 3.80. The number of amides is 2. The van der Waals surface area contributed by atoms with Crippen LogP contribution in [0.1, 0.15) is 31.8 Å². The van der Waals surface area contributed by atoms with Crippen LogP contribution < -0.4 is 10.7 Å². The van der Waals surface area contributed by atoms with Gasteiger partial charge in [-0.1, -0.05) is 23.7 Å². The number of aromatic hydroxyl groups is 1. The zero-order valence-corrected chi connectivity index (χ0v) is 18.4. The standard InChI is InChI=1S/C20H16ClN3O5S2/c1-10(13-9-30-18(17(13)27)11-2-4-12(21)5-3-11)23-24-20(29)15-7-6-14(31-15)19(28)22-8-16(25)26/h2-7,9,27H,8H2,1H3,(H,22,28)(H,24,29)(H,25,26). The van der Waals surface area contributed by atoms with Crippen LogP contribution in [-0.4, -0.2) is 40.3 Å². The first kappa shape index (κ1) is 22.5. The summed E-state index contributed by atoms with van der Waals surface area (Å²) in [5.41, 5.74) is 4.08. The summed E-state index contributed by atoms with van der Waals surface area (Å²) in [4.78, 5) is 35.8. The lowest BCUT2D eigenvalue weighted by atomic mass is 10.1. The fraction of sp³-hybridized carbons (Fsp3) is 0.100. The van der Waals surface area contributed by atoms with Crippen molar-refractivity contribution in [3.05, 3.63) is 62.1 Å². The molecule has 2 heterocycles. The highest BCUT2D eigenvalue weighted by atomic mass is 35.5. The molecule has 0 fully saturated rings. The number of carbonyl (C=O) groups is 3. The van der Waals surface area contributed by atoms with E-state index in [1.807, 2.05) is 0 Å². The van der Waals surface area contributed by atoms with Gasteiger partial charge < -0.3 is 15.5 Å². The van der Waals surface area contributed by atoms with Crippen molar-refractivity contribution in [3.8, 4) is 16.2 Å². The molecule has 1 aromatic carbocycles. The number of carbonyl (C=O) groups excluding carboxylic acids is 2. The van der Waals surface area contributed by atoms with Gasteiger partial charge in [-0.3, -0.25) is 14.4 Å². The molecule has 3 aromatic rings. The van der Waals surface area contributed by atoms with Gasteiger partial charge in [-0.15, -0.1) is 22.7 Å². The normalized spacial score (nSPS) is 11.2. The molecule has 0 aliphatic heterocycles. The molecule has 0 aliphatic rings. The molecule has 0 saturated carbocycles. The van der Waals surface area contributed by atoms with Crippen molar-refractivity contribution in [2.75, 3.05) is 6.54 Å². The van der Waals surface area contributed by atoms with Crippen LogP contribution in [0.5, 0.6) is 5.75 Å². The molecule has 11 heteroatoms. The average Bonchev–Trinajstić information content (AvgIpc) is 3.38. The van der Waals surface area contributed by atoms with E-state index in [2.05, 4.69) is 15.8 Å². The zero-order valence-electron chi connectivity index (χ0n) is 16.0. The van der Waals surface area contributed by atoms with Crippen LogP contribution in [0, 0.1) is 0 Å². The second kappa shape index (κ2) is 9.73. The second-order valence-corrected chi connectivity index (χ2v) is 8.61. The number of benzene rings is 1. The Morgan fingerprint density at radius 2 is 1.71 bits per heavy atom. The number of hydrogen-bond acceptors (Lipinski definition) is 7. The Balaban J connectivity index is 1.68. The fourth-order valence-corrected chi connectivity index (χ4v) is 4.44. The van der Waals surface area contributed by atoms with Crippen molar-refractivity contribution in [1.82, 2.24) is 10.7 Å². The minimum atomic E-state index is -1.16. The smallest absolute Gasteiger partial charge is 0.322 e. The first-order valence-electron chi connectivity index (χ1n) is 8.77. The van der Waals surface area contributed by atoms with Crippen LogP contribution in [0.4, 0.5) is 0 Å². The fourth-order valence-electron chi connectivity index (χ4n) is 2.49. The summed E-state index contributed by atoms with van der Waals surface area (Å²) in [6.45, 7) is 1.14. The summed E-state index contributed by atoms with van der Waals surface area (Å²) in [7, 11) is 0. The van der Waals surface area contributed by atoms with Crippen molar-refractivity contribution >= 4 is 57.8 Å². The molecule has 0 radical (unpaired) electrons. The Morgan fingerprint density at radius 1 is 1.06 bits per heavy atom. The minimum Gasteiger partial charge on any atom is -0.506 e. The first-order valence-corrected chi connectivity index (χ1v) is 10.8. The topological polar surface area (TPSA) is 128 Å². The highest BCUT2D eigenvalue weighted by Gasteiger charge is 2.17. The third-order valence-electron chi connectivity index (χ3n) is 4.04. The van der Waals surface area contributed by atoms with E-state index >= 15 is 0 Å². The van der Waals surface area contributed by atoms with Crippen LogP contribution in [-0.2, 0) is 4.79 Å². The number of thiophene rings is 2. The van der Waals surface area contributed by atoms with Gasteiger partial charge in [0.05, 0.1) is 25.9 Å². The molecule has 31 heavy (non-hydrogen) atoms. The second-order valence-electron chi connectivity index (χ2n) is 6.21. The van der Waals surface area contributed by atoms with E-state index in [1.165, 1.54) is 23.5 Å². The Bertz CT molecular complexity index is 1170. The molecule has 0 unspecified atom stereocenters. The number of nitrogens with zero attached hydrogens (tertiary/aromatic N) is 1. The summed E-state index contributed by atoms with van der Waals surface area (Å²) < 4.78 is 0. The van der Waals surface area contributed by atoms with Gasteiger partial charge in [0, 0.05) is 10.4 Å². The van der Waals surface area contributed by atoms with Crippen molar-refractivity contribution in [1.29, 1.82) is 0 Å². The summed E-state index contributed by atoms with van der Waals surface area (Å²) in [5.74, 6) is -2.22. The van der Waals surface area contributed by atoms with E-state index in [9.17, 15) is 19.5 Å². The molecule has 0 aliphatic carbocycles. The Hall–Kier alpha value is -3.21. The maximum atomic E-state index is 12.3. The Labute approximate surface area is 189 Å². The quantitative estimate of drug-likeness (QED) is 0.304. The number of aliphatic carboxylic acids is 1. The van der Waals surface area contributed by atoms with Gasteiger partial charge in [0.1, 0.15) is 12.3 Å². The van der Waals surface area contributed by atoms with Gasteiger partial charge in [0.25, 0.3) is 11.8 Å². The van der Waals surface area contributed by atoms with E-state index in [0.29, 0.717) is 21.2 Å². The summed E-state index contributed by atoms with van der Waals surface area (Å²) in [6.07, 6.45) is 0. The lowest BCUT2D eigenvalue weighted by Crippen LogP contribution is -2.28.